The number of hydrogen-bond acceptors (Lipinski definition) is 5. The summed E-state index contributed by atoms with van der Waals surface area (Å²) in [6.07, 6.45) is 1.52. The second-order valence-corrected chi connectivity index (χ2v) is 7.73. The van der Waals surface area contributed by atoms with Gasteiger partial charge in [-0.05, 0) is 41.6 Å². The quantitative estimate of drug-likeness (QED) is 0.598. The minimum Gasteiger partial charge on any atom is -0.350 e. The van der Waals surface area contributed by atoms with Crippen LogP contribution in [0.15, 0.2) is 64.3 Å². The normalized spacial score (nSPS) is 15.1. The van der Waals surface area contributed by atoms with E-state index in [-0.39, 0.29) is 23.6 Å². The van der Waals surface area contributed by atoms with Crippen molar-refractivity contribution >= 4 is 45.8 Å². The molecule has 2 N–H and O–H groups in total. The lowest BCUT2D eigenvalue weighted by Crippen LogP contribution is -2.37. The summed E-state index contributed by atoms with van der Waals surface area (Å²) in [7, 11) is 0. The number of thioether (sulfide) groups is 1. The summed E-state index contributed by atoms with van der Waals surface area (Å²) >= 11 is 0.786. The maximum Gasteiger partial charge on any atom is 0.293 e. The highest BCUT2D eigenvalue weighted by atomic mass is 32.2. The zero-order valence-corrected chi connectivity index (χ0v) is 16.9. The molecule has 31 heavy (non-hydrogen) atoms. The Labute approximate surface area is 179 Å². The molecule has 0 aliphatic carbocycles. The molecule has 1 aliphatic rings. The van der Waals surface area contributed by atoms with E-state index in [9.17, 15) is 23.6 Å². The molecule has 0 bridgehead atoms. The Kier molecular flexibility index (Phi) is 5.68. The predicted octanol–water partition coefficient (Wildman–Crippen LogP) is 3.13. The molecule has 7 nitrogen and oxygen atoms in total. The van der Waals surface area contributed by atoms with Crippen LogP contribution in [0.25, 0.3) is 17.0 Å². The molecule has 0 saturated carbocycles. The molecule has 0 unspecified atom stereocenters. The van der Waals surface area contributed by atoms with E-state index in [4.69, 9.17) is 0 Å². The predicted molar refractivity (Wildman–Crippen MR) is 116 cm³/mol. The minimum absolute atomic E-state index is 0.0156. The molecule has 4 rings (SSSR count). The largest absolute Gasteiger partial charge is 0.350 e. The number of aromatic nitrogens is 1. The summed E-state index contributed by atoms with van der Waals surface area (Å²) in [6.45, 7) is 0.0140. The summed E-state index contributed by atoms with van der Waals surface area (Å²) < 4.78 is 13.0. The number of aromatic amines is 1. The Balaban J connectivity index is 1.42. The molecule has 1 aliphatic heterocycles. The van der Waals surface area contributed by atoms with Crippen LogP contribution in [0, 0.1) is 5.82 Å². The highest BCUT2D eigenvalue weighted by Gasteiger charge is 2.34. The maximum atomic E-state index is 13.0. The lowest BCUT2D eigenvalue weighted by Gasteiger charge is -2.13. The first-order chi connectivity index (χ1) is 14.9. The van der Waals surface area contributed by atoms with Crippen LogP contribution in [0.3, 0.4) is 0 Å². The van der Waals surface area contributed by atoms with Gasteiger partial charge in [-0.3, -0.25) is 24.1 Å². The number of H-pyrrole nitrogens is 1. The van der Waals surface area contributed by atoms with E-state index in [1.807, 2.05) is 0 Å². The molecule has 1 aromatic heterocycles. The standard InChI is InChI=1S/C22H16FN3O4S/c23-14-7-5-13(6-8-14)11-18-21(29)26(22(30)31-18)10-9-24-20(28)16-12-19(27)25-17-4-2-1-3-15(16)17/h1-8,11-12H,9-10H2,(H,24,28)(H,25,27)/b18-11-. The number of fused-ring (bicyclic) bond motifs is 1. The Bertz CT molecular complexity index is 1280. The van der Waals surface area contributed by atoms with Gasteiger partial charge in [-0.2, -0.15) is 0 Å². The van der Waals surface area contributed by atoms with Crippen molar-refractivity contribution in [3.63, 3.8) is 0 Å². The smallest absolute Gasteiger partial charge is 0.293 e. The number of carbonyl (C=O) groups is 3. The number of amides is 3. The number of pyridine rings is 1. The fourth-order valence-corrected chi connectivity index (χ4v) is 4.04. The molecule has 1 fully saturated rings. The highest BCUT2D eigenvalue weighted by Crippen LogP contribution is 2.31. The topological polar surface area (TPSA) is 99.3 Å². The van der Waals surface area contributed by atoms with Gasteiger partial charge in [0.05, 0.1) is 10.5 Å². The Morgan fingerprint density at radius 2 is 1.84 bits per heavy atom. The summed E-state index contributed by atoms with van der Waals surface area (Å²) in [5.41, 5.74) is 0.948. The Morgan fingerprint density at radius 1 is 1.10 bits per heavy atom. The third-order valence-electron chi connectivity index (χ3n) is 4.66. The van der Waals surface area contributed by atoms with Gasteiger partial charge in [-0.1, -0.05) is 30.3 Å². The molecule has 1 saturated heterocycles. The van der Waals surface area contributed by atoms with Crippen LogP contribution in [0.2, 0.25) is 0 Å². The van der Waals surface area contributed by atoms with Gasteiger partial charge >= 0.3 is 0 Å². The van der Waals surface area contributed by atoms with E-state index in [2.05, 4.69) is 10.3 Å². The number of rotatable bonds is 5. The van der Waals surface area contributed by atoms with Gasteiger partial charge in [0.15, 0.2) is 0 Å². The number of nitrogens with one attached hydrogen (secondary N) is 2. The van der Waals surface area contributed by atoms with Gasteiger partial charge in [-0.15, -0.1) is 0 Å². The van der Waals surface area contributed by atoms with E-state index in [0.29, 0.717) is 16.5 Å². The van der Waals surface area contributed by atoms with E-state index < -0.39 is 28.4 Å². The first kappa shape index (κ1) is 20.5. The van der Waals surface area contributed by atoms with Crippen LogP contribution in [0.5, 0.6) is 0 Å². The number of carbonyl (C=O) groups excluding carboxylic acids is 3. The molecule has 0 spiro atoms. The van der Waals surface area contributed by atoms with Crippen molar-refractivity contribution in [1.82, 2.24) is 15.2 Å². The van der Waals surface area contributed by atoms with Crippen molar-refractivity contribution < 1.29 is 18.8 Å². The number of para-hydroxylation sites is 1. The Morgan fingerprint density at radius 3 is 2.61 bits per heavy atom. The average molecular weight is 437 g/mol. The van der Waals surface area contributed by atoms with Crippen LogP contribution in [-0.2, 0) is 4.79 Å². The van der Waals surface area contributed by atoms with Crippen LogP contribution in [0.4, 0.5) is 9.18 Å². The third-order valence-corrected chi connectivity index (χ3v) is 5.56. The second-order valence-electron chi connectivity index (χ2n) is 6.73. The van der Waals surface area contributed by atoms with Gasteiger partial charge in [0, 0.05) is 30.1 Å². The molecule has 0 atom stereocenters. The van der Waals surface area contributed by atoms with Crippen molar-refractivity contribution in [2.75, 3.05) is 13.1 Å². The van der Waals surface area contributed by atoms with Crippen LogP contribution in [-0.4, -0.2) is 40.0 Å². The number of hydrogen-bond donors (Lipinski definition) is 2. The van der Waals surface area contributed by atoms with Crippen molar-refractivity contribution in [2.24, 2.45) is 0 Å². The second kappa shape index (κ2) is 8.57. The van der Waals surface area contributed by atoms with E-state index >= 15 is 0 Å². The van der Waals surface area contributed by atoms with Crippen molar-refractivity contribution in [3.8, 4) is 0 Å². The molecule has 0 radical (unpaired) electrons. The van der Waals surface area contributed by atoms with Gasteiger partial charge in [0.2, 0.25) is 5.56 Å². The molecule has 2 aromatic carbocycles. The molecule has 156 valence electrons. The molecule has 2 heterocycles. The van der Waals surface area contributed by atoms with Crippen LogP contribution >= 0.6 is 11.8 Å². The summed E-state index contributed by atoms with van der Waals surface area (Å²) in [5.74, 6) is -1.35. The summed E-state index contributed by atoms with van der Waals surface area (Å²) in [6, 6.07) is 13.7. The molecular formula is C22H16FN3O4S. The number of halogens is 1. The Hall–Kier alpha value is -3.72. The van der Waals surface area contributed by atoms with Gasteiger partial charge in [0.25, 0.3) is 17.1 Å². The molecule has 9 heteroatoms. The minimum atomic E-state index is -0.477. The van der Waals surface area contributed by atoms with Crippen molar-refractivity contribution in [2.45, 2.75) is 0 Å². The summed E-state index contributed by atoms with van der Waals surface area (Å²) in [5, 5.41) is 2.79. The summed E-state index contributed by atoms with van der Waals surface area (Å²) in [4.78, 5) is 53.1. The fourth-order valence-electron chi connectivity index (χ4n) is 3.17. The van der Waals surface area contributed by atoms with E-state index in [1.54, 1.807) is 24.3 Å². The zero-order valence-electron chi connectivity index (χ0n) is 16.1. The number of imide groups is 1. The maximum absolute atomic E-state index is 13.0. The first-order valence-corrected chi connectivity index (χ1v) is 10.2. The lowest BCUT2D eigenvalue weighted by molar-refractivity contribution is -0.122. The molecule has 3 aromatic rings. The fraction of sp³-hybridized carbons (Fsp3) is 0.0909. The van der Waals surface area contributed by atoms with Crippen molar-refractivity contribution in [1.29, 1.82) is 0 Å². The number of benzene rings is 2. The molecular weight excluding hydrogens is 421 g/mol. The lowest BCUT2D eigenvalue weighted by atomic mass is 10.1. The van der Waals surface area contributed by atoms with Gasteiger partial charge in [0.1, 0.15) is 5.82 Å². The first-order valence-electron chi connectivity index (χ1n) is 9.33. The number of nitrogens with zero attached hydrogens (tertiary/aromatic N) is 1. The zero-order chi connectivity index (χ0) is 22.0. The van der Waals surface area contributed by atoms with E-state index in [1.165, 1.54) is 36.4 Å². The van der Waals surface area contributed by atoms with Crippen molar-refractivity contribution in [3.05, 3.63) is 86.8 Å². The average Bonchev–Trinajstić information content (AvgIpc) is 3.02. The van der Waals surface area contributed by atoms with Crippen LogP contribution < -0.4 is 10.9 Å². The van der Waals surface area contributed by atoms with Crippen LogP contribution in [0.1, 0.15) is 15.9 Å². The third kappa shape index (κ3) is 4.41. The SMILES string of the molecule is O=C(NCCN1C(=O)S/C(=C\c2ccc(F)cc2)C1=O)c1cc(=O)[nH]c2ccccc12. The molecule has 3 amide bonds. The van der Waals surface area contributed by atoms with E-state index in [0.717, 1.165) is 16.7 Å². The van der Waals surface area contributed by atoms with Gasteiger partial charge in [-0.25, -0.2) is 4.39 Å². The monoisotopic (exact) mass is 437 g/mol. The highest BCUT2D eigenvalue weighted by molar-refractivity contribution is 8.18. The van der Waals surface area contributed by atoms with Gasteiger partial charge < -0.3 is 10.3 Å².